The van der Waals surface area contributed by atoms with Gasteiger partial charge in [0.1, 0.15) is 18.1 Å². The fourth-order valence-corrected chi connectivity index (χ4v) is 3.61. The number of benzene rings is 1. The lowest BCUT2D eigenvalue weighted by molar-refractivity contribution is -0.125. The van der Waals surface area contributed by atoms with Crippen LogP contribution in [0, 0.1) is 19.8 Å². The first-order chi connectivity index (χ1) is 13.5. The van der Waals surface area contributed by atoms with Gasteiger partial charge >= 0.3 is 0 Å². The van der Waals surface area contributed by atoms with Gasteiger partial charge in [0.15, 0.2) is 6.61 Å². The summed E-state index contributed by atoms with van der Waals surface area (Å²) >= 11 is 0. The lowest BCUT2D eigenvalue weighted by atomic mass is 9.98. The molecule has 0 unspecified atom stereocenters. The molecular weight excluding hydrogens is 362 g/mol. The van der Waals surface area contributed by atoms with Crippen LogP contribution in [0.5, 0.6) is 5.75 Å². The van der Waals surface area contributed by atoms with E-state index in [2.05, 4.69) is 10.5 Å². The minimum Gasteiger partial charge on any atom is -0.482 e. The third-order valence-electron chi connectivity index (χ3n) is 5.04. The van der Waals surface area contributed by atoms with Gasteiger partial charge in [0.25, 0.3) is 5.91 Å². The van der Waals surface area contributed by atoms with Gasteiger partial charge in [-0.15, -0.1) is 0 Å². The van der Waals surface area contributed by atoms with Crippen molar-refractivity contribution in [3.8, 4) is 5.75 Å². The molecule has 0 saturated carbocycles. The Balaban J connectivity index is 1.41. The smallest absolute Gasteiger partial charge is 0.265 e. The van der Waals surface area contributed by atoms with Crippen molar-refractivity contribution < 1.29 is 23.6 Å². The SMILES string of the molecule is Cc1ccc2c(c1)N(CC(=O)N[C@H]1COC[C@H]1Cc1cc(C)no1)C(=O)CO2. The number of rotatable bonds is 5. The van der Waals surface area contributed by atoms with Gasteiger partial charge in [0.05, 0.1) is 30.6 Å². The van der Waals surface area contributed by atoms with Crippen LogP contribution >= 0.6 is 0 Å². The van der Waals surface area contributed by atoms with Gasteiger partial charge in [-0.2, -0.15) is 0 Å². The Morgan fingerprint density at radius 2 is 2.14 bits per heavy atom. The van der Waals surface area contributed by atoms with E-state index in [0.29, 0.717) is 31.1 Å². The van der Waals surface area contributed by atoms with Gasteiger partial charge in [0, 0.05) is 18.4 Å². The summed E-state index contributed by atoms with van der Waals surface area (Å²) in [5, 5.41) is 6.91. The van der Waals surface area contributed by atoms with Gasteiger partial charge in [0.2, 0.25) is 5.91 Å². The fourth-order valence-electron chi connectivity index (χ4n) is 3.61. The van der Waals surface area contributed by atoms with Gasteiger partial charge in [-0.1, -0.05) is 11.2 Å². The summed E-state index contributed by atoms with van der Waals surface area (Å²) in [7, 11) is 0. The van der Waals surface area contributed by atoms with Crippen molar-refractivity contribution in [2.75, 3.05) is 31.3 Å². The van der Waals surface area contributed by atoms with Crippen LogP contribution in [0.25, 0.3) is 0 Å². The van der Waals surface area contributed by atoms with Gasteiger partial charge in [-0.3, -0.25) is 14.5 Å². The first kappa shape index (κ1) is 18.5. The van der Waals surface area contributed by atoms with E-state index in [4.69, 9.17) is 14.0 Å². The highest BCUT2D eigenvalue weighted by atomic mass is 16.5. The second kappa shape index (κ2) is 7.63. The maximum absolute atomic E-state index is 12.7. The van der Waals surface area contributed by atoms with Crippen molar-refractivity contribution in [3.63, 3.8) is 0 Å². The van der Waals surface area contributed by atoms with Crippen molar-refractivity contribution >= 4 is 17.5 Å². The topological polar surface area (TPSA) is 93.9 Å². The molecule has 148 valence electrons. The molecule has 2 amide bonds. The average Bonchev–Trinajstić information content (AvgIpc) is 3.27. The molecule has 1 fully saturated rings. The number of anilines is 1. The van der Waals surface area contributed by atoms with Crippen LogP contribution in [0.3, 0.4) is 0 Å². The minimum absolute atomic E-state index is 0.0523. The van der Waals surface area contributed by atoms with Crippen LogP contribution in [-0.4, -0.2) is 49.4 Å². The van der Waals surface area contributed by atoms with E-state index in [1.54, 1.807) is 0 Å². The third-order valence-corrected chi connectivity index (χ3v) is 5.04. The van der Waals surface area contributed by atoms with E-state index in [1.807, 2.05) is 38.1 Å². The summed E-state index contributed by atoms with van der Waals surface area (Å²) in [4.78, 5) is 26.5. The summed E-state index contributed by atoms with van der Waals surface area (Å²) in [6.07, 6.45) is 0.643. The molecule has 1 N–H and O–H groups in total. The van der Waals surface area contributed by atoms with Gasteiger partial charge in [-0.05, 0) is 31.5 Å². The number of ether oxygens (including phenoxy) is 2. The zero-order valence-corrected chi connectivity index (χ0v) is 15.9. The second-order valence-electron chi connectivity index (χ2n) is 7.35. The highest BCUT2D eigenvalue weighted by molar-refractivity contribution is 6.02. The summed E-state index contributed by atoms with van der Waals surface area (Å²) in [5.74, 6) is 1.04. The molecule has 3 heterocycles. The number of aryl methyl sites for hydroxylation is 2. The predicted octanol–water partition coefficient (Wildman–Crippen LogP) is 1.39. The lowest BCUT2D eigenvalue weighted by Gasteiger charge is -2.29. The quantitative estimate of drug-likeness (QED) is 0.836. The first-order valence-electron chi connectivity index (χ1n) is 9.32. The number of hydrogen-bond donors (Lipinski definition) is 1. The van der Waals surface area contributed by atoms with E-state index < -0.39 is 0 Å². The average molecular weight is 385 g/mol. The molecule has 1 aromatic heterocycles. The lowest BCUT2D eigenvalue weighted by Crippen LogP contribution is -2.49. The zero-order chi connectivity index (χ0) is 19.7. The molecule has 0 bridgehead atoms. The molecule has 4 rings (SSSR count). The van der Waals surface area contributed by atoms with E-state index in [-0.39, 0.29) is 36.9 Å². The molecule has 8 nitrogen and oxygen atoms in total. The number of aromatic nitrogens is 1. The maximum Gasteiger partial charge on any atom is 0.265 e. The van der Waals surface area contributed by atoms with Gasteiger partial charge < -0.3 is 19.3 Å². The fraction of sp³-hybridized carbons (Fsp3) is 0.450. The highest BCUT2D eigenvalue weighted by Gasteiger charge is 2.33. The molecule has 1 aromatic carbocycles. The second-order valence-corrected chi connectivity index (χ2v) is 7.35. The van der Waals surface area contributed by atoms with Crippen LogP contribution < -0.4 is 15.0 Å². The molecule has 8 heteroatoms. The van der Waals surface area contributed by atoms with E-state index in [9.17, 15) is 9.59 Å². The Morgan fingerprint density at radius 1 is 1.29 bits per heavy atom. The van der Waals surface area contributed by atoms with Crippen LogP contribution in [0.1, 0.15) is 17.0 Å². The highest BCUT2D eigenvalue weighted by Crippen LogP contribution is 2.32. The Labute approximate surface area is 162 Å². The molecule has 1 saturated heterocycles. The van der Waals surface area contributed by atoms with Crippen molar-refractivity contribution in [2.24, 2.45) is 5.92 Å². The number of hydrogen-bond acceptors (Lipinski definition) is 6. The largest absolute Gasteiger partial charge is 0.482 e. The molecular formula is C20H23N3O5. The summed E-state index contributed by atoms with van der Waals surface area (Å²) in [5.41, 5.74) is 2.45. The summed E-state index contributed by atoms with van der Waals surface area (Å²) in [6.45, 7) is 4.67. The Kier molecular flexibility index (Phi) is 5.04. The number of fused-ring (bicyclic) bond motifs is 1. The summed E-state index contributed by atoms with van der Waals surface area (Å²) in [6, 6.07) is 7.35. The molecule has 0 radical (unpaired) electrons. The predicted molar refractivity (Wildman–Crippen MR) is 100 cm³/mol. The van der Waals surface area contributed by atoms with E-state index >= 15 is 0 Å². The Hall–Kier alpha value is -2.87. The van der Waals surface area contributed by atoms with E-state index in [0.717, 1.165) is 17.0 Å². The normalized spacial score (nSPS) is 21.4. The van der Waals surface area contributed by atoms with Crippen LogP contribution in [-0.2, 0) is 20.7 Å². The minimum atomic E-state index is -0.232. The molecule has 28 heavy (non-hydrogen) atoms. The molecule has 0 aliphatic carbocycles. The van der Waals surface area contributed by atoms with Crippen LogP contribution in [0.15, 0.2) is 28.8 Å². The molecule has 0 spiro atoms. The van der Waals surface area contributed by atoms with Crippen LogP contribution in [0.2, 0.25) is 0 Å². The molecule has 2 aliphatic rings. The monoisotopic (exact) mass is 385 g/mol. The van der Waals surface area contributed by atoms with Crippen molar-refractivity contribution in [1.29, 1.82) is 0 Å². The Morgan fingerprint density at radius 3 is 2.93 bits per heavy atom. The third kappa shape index (κ3) is 3.87. The van der Waals surface area contributed by atoms with Crippen molar-refractivity contribution in [2.45, 2.75) is 26.3 Å². The number of nitrogens with zero attached hydrogens (tertiary/aromatic N) is 2. The van der Waals surface area contributed by atoms with E-state index in [1.165, 1.54) is 4.90 Å². The van der Waals surface area contributed by atoms with Crippen LogP contribution in [0.4, 0.5) is 5.69 Å². The first-order valence-corrected chi connectivity index (χ1v) is 9.32. The van der Waals surface area contributed by atoms with Crippen molar-refractivity contribution in [1.82, 2.24) is 10.5 Å². The molecule has 2 aromatic rings. The Bertz CT molecular complexity index is 894. The standard InChI is InChI=1S/C20H23N3O5/c1-12-3-4-18-17(5-12)23(20(25)11-27-18)8-19(24)21-16-10-26-9-14(16)7-15-6-13(2)22-28-15/h3-6,14,16H,7-11H2,1-2H3,(H,21,24)/t14-,16+/m1/s1. The molecule has 2 atom stereocenters. The number of nitrogens with one attached hydrogen (secondary N) is 1. The number of carbonyl (C=O) groups excluding carboxylic acids is 2. The zero-order valence-electron chi connectivity index (χ0n) is 15.9. The van der Waals surface area contributed by atoms with Crippen molar-refractivity contribution in [3.05, 3.63) is 41.3 Å². The summed E-state index contributed by atoms with van der Waals surface area (Å²) < 4.78 is 16.3. The number of carbonyl (C=O) groups is 2. The number of amides is 2. The van der Waals surface area contributed by atoms with Gasteiger partial charge in [-0.25, -0.2) is 0 Å². The maximum atomic E-state index is 12.7. The molecule has 2 aliphatic heterocycles.